The Labute approximate surface area is 204 Å². The molecule has 1 aliphatic rings. The molecule has 0 spiro atoms. The summed E-state index contributed by atoms with van der Waals surface area (Å²) in [6.07, 6.45) is 8.89. The monoisotopic (exact) mass is 470 g/mol. The van der Waals surface area contributed by atoms with E-state index in [0.29, 0.717) is 12.1 Å². The van der Waals surface area contributed by atoms with Crippen molar-refractivity contribution in [3.8, 4) is 28.3 Å². The fraction of sp³-hybridized carbons (Fsp3) is 0.385. The molecule has 0 amide bonds. The average molecular weight is 471 g/mol. The Morgan fingerprint density at radius 1 is 1.00 bits per heavy atom. The molecule has 35 heavy (non-hydrogen) atoms. The molecule has 1 aliphatic heterocycles. The van der Waals surface area contributed by atoms with Crippen molar-refractivity contribution in [3.63, 3.8) is 0 Å². The van der Waals surface area contributed by atoms with Crippen LogP contribution in [0.2, 0.25) is 0 Å². The topological polar surface area (TPSA) is 98.5 Å². The molecular weight excluding hydrogens is 440 g/mol. The van der Waals surface area contributed by atoms with Gasteiger partial charge in [0.05, 0.1) is 29.6 Å². The van der Waals surface area contributed by atoms with E-state index < -0.39 is 0 Å². The Hall–Kier alpha value is -3.74. The molecule has 1 saturated heterocycles. The van der Waals surface area contributed by atoms with Crippen molar-refractivity contribution in [1.82, 2.24) is 29.3 Å². The average Bonchev–Trinajstić information content (AvgIpc) is 3.50. The van der Waals surface area contributed by atoms with Crippen molar-refractivity contribution in [2.45, 2.75) is 20.0 Å². The largest absolute Gasteiger partial charge is 0.392 e. The second-order valence-corrected chi connectivity index (χ2v) is 9.51. The van der Waals surface area contributed by atoms with Gasteiger partial charge in [0.2, 0.25) is 0 Å². The number of fused-ring (bicyclic) bond motifs is 1. The number of piperazine rings is 1. The second kappa shape index (κ2) is 9.49. The van der Waals surface area contributed by atoms with Crippen molar-refractivity contribution in [1.29, 1.82) is 5.26 Å². The van der Waals surface area contributed by atoms with Crippen molar-refractivity contribution in [2.24, 2.45) is 13.0 Å². The summed E-state index contributed by atoms with van der Waals surface area (Å²) in [5.41, 5.74) is 5.09. The predicted molar refractivity (Wildman–Crippen MR) is 135 cm³/mol. The Kier molecular flexibility index (Phi) is 6.24. The summed E-state index contributed by atoms with van der Waals surface area (Å²) in [6, 6.07) is 8.44. The highest BCUT2D eigenvalue weighted by Gasteiger charge is 2.22. The zero-order valence-corrected chi connectivity index (χ0v) is 20.3. The van der Waals surface area contributed by atoms with Crippen LogP contribution in [0.15, 0.2) is 49.2 Å². The number of hydrogen-bond acceptors (Lipinski definition) is 7. The van der Waals surface area contributed by atoms with E-state index in [1.807, 2.05) is 37.9 Å². The maximum absolute atomic E-state index is 10.2. The number of hydrogen-bond donors (Lipinski definition) is 1. The first kappa shape index (κ1) is 23.0. The van der Waals surface area contributed by atoms with Crippen LogP contribution in [0.25, 0.3) is 27.8 Å². The first-order valence-electron chi connectivity index (χ1n) is 11.9. The number of aliphatic hydroxyl groups excluding tert-OH is 1. The van der Waals surface area contributed by atoms with Gasteiger partial charge in [-0.2, -0.15) is 15.5 Å². The molecule has 0 unspecified atom stereocenters. The highest BCUT2D eigenvalue weighted by molar-refractivity contribution is 5.87. The minimum absolute atomic E-state index is 0.266. The number of nitrogens with zero attached hydrogens (tertiary/aromatic N) is 8. The molecule has 5 heterocycles. The van der Waals surface area contributed by atoms with Gasteiger partial charge in [-0.25, -0.2) is 9.50 Å². The Morgan fingerprint density at radius 3 is 2.43 bits per heavy atom. The molecule has 9 heteroatoms. The highest BCUT2D eigenvalue weighted by atomic mass is 16.3. The van der Waals surface area contributed by atoms with Gasteiger partial charge in [0.1, 0.15) is 11.9 Å². The zero-order valence-electron chi connectivity index (χ0n) is 20.3. The Bertz CT molecular complexity index is 1360. The minimum Gasteiger partial charge on any atom is -0.392 e. The lowest BCUT2D eigenvalue weighted by Gasteiger charge is -2.36. The molecule has 1 atom stereocenters. The van der Waals surface area contributed by atoms with Gasteiger partial charge in [0, 0.05) is 80.6 Å². The van der Waals surface area contributed by atoms with Crippen molar-refractivity contribution in [2.75, 3.05) is 37.6 Å². The molecule has 4 aromatic rings. The maximum Gasteiger partial charge on any atom is 0.128 e. The van der Waals surface area contributed by atoms with Crippen LogP contribution in [0.4, 0.5) is 5.82 Å². The summed E-state index contributed by atoms with van der Waals surface area (Å²) in [4.78, 5) is 9.37. The van der Waals surface area contributed by atoms with Crippen LogP contribution in [-0.4, -0.2) is 73.2 Å². The van der Waals surface area contributed by atoms with E-state index in [-0.39, 0.29) is 12.0 Å². The summed E-state index contributed by atoms with van der Waals surface area (Å²) in [6.45, 7) is 8.38. The Morgan fingerprint density at radius 2 is 1.80 bits per heavy atom. The van der Waals surface area contributed by atoms with E-state index in [4.69, 9.17) is 4.98 Å². The number of nitriles is 1. The van der Waals surface area contributed by atoms with Crippen molar-refractivity contribution < 1.29 is 5.11 Å². The van der Waals surface area contributed by atoms with E-state index in [2.05, 4.69) is 52.0 Å². The summed E-state index contributed by atoms with van der Waals surface area (Å²) >= 11 is 0. The van der Waals surface area contributed by atoms with Crippen molar-refractivity contribution in [3.05, 3.63) is 54.7 Å². The van der Waals surface area contributed by atoms with Crippen LogP contribution < -0.4 is 4.90 Å². The molecule has 4 aromatic heterocycles. The maximum atomic E-state index is 10.2. The van der Waals surface area contributed by atoms with Crippen LogP contribution >= 0.6 is 0 Å². The molecule has 0 aliphatic carbocycles. The van der Waals surface area contributed by atoms with Crippen LogP contribution in [-0.2, 0) is 7.05 Å². The van der Waals surface area contributed by atoms with Crippen LogP contribution in [0.3, 0.4) is 0 Å². The third kappa shape index (κ3) is 4.63. The lowest BCUT2D eigenvalue weighted by atomic mass is 10.0. The fourth-order valence-electron chi connectivity index (χ4n) is 4.52. The molecule has 1 fully saturated rings. The molecule has 5 rings (SSSR count). The van der Waals surface area contributed by atoms with Gasteiger partial charge in [-0.15, -0.1) is 0 Å². The third-order valence-corrected chi connectivity index (χ3v) is 6.74. The molecule has 180 valence electrons. The van der Waals surface area contributed by atoms with Crippen LogP contribution in [0.1, 0.15) is 19.4 Å². The van der Waals surface area contributed by atoms with Crippen LogP contribution in [0.5, 0.6) is 0 Å². The second-order valence-electron chi connectivity index (χ2n) is 9.51. The summed E-state index contributed by atoms with van der Waals surface area (Å²) in [5.74, 6) is 1.20. The third-order valence-electron chi connectivity index (χ3n) is 6.74. The summed E-state index contributed by atoms with van der Waals surface area (Å²) in [7, 11) is 1.89. The molecule has 9 nitrogen and oxygen atoms in total. The number of pyridine rings is 2. The molecule has 0 radical (unpaired) electrons. The molecule has 1 N–H and O–H groups in total. The smallest absolute Gasteiger partial charge is 0.128 e. The van der Waals surface area contributed by atoms with E-state index in [0.717, 1.165) is 59.8 Å². The zero-order chi connectivity index (χ0) is 24.5. The lowest BCUT2D eigenvalue weighted by molar-refractivity contribution is 0.0739. The summed E-state index contributed by atoms with van der Waals surface area (Å²) < 4.78 is 3.53. The predicted octanol–water partition coefficient (Wildman–Crippen LogP) is 2.81. The van der Waals surface area contributed by atoms with Gasteiger partial charge in [-0.1, -0.05) is 13.8 Å². The molecule has 0 aromatic carbocycles. The molecule has 0 bridgehead atoms. The lowest BCUT2D eigenvalue weighted by Crippen LogP contribution is -2.49. The van der Waals surface area contributed by atoms with E-state index in [1.54, 1.807) is 15.4 Å². The van der Waals surface area contributed by atoms with Gasteiger partial charge in [-0.05, 0) is 24.1 Å². The highest BCUT2D eigenvalue weighted by Crippen LogP contribution is 2.32. The number of β-amino-alcohol motifs (C(OH)–C–C–N with tert-alkyl or cyclic N) is 1. The quantitative estimate of drug-likeness (QED) is 0.463. The van der Waals surface area contributed by atoms with Crippen molar-refractivity contribution >= 4 is 11.3 Å². The fourth-order valence-corrected chi connectivity index (χ4v) is 4.52. The van der Waals surface area contributed by atoms with Gasteiger partial charge < -0.3 is 10.0 Å². The normalized spacial score (nSPS) is 15.6. The Balaban J connectivity index is 1.40. The minimum atomic E-state index is -0.292. The van der Waals surface area contributed by atoms with Gasteiger partial charge in [0.15, 0.2) is 0 Å². The molecule has 0 saturated carbocycles. The first-order chi connectivity index (χ1) is 16.9. The van der Waals surface area contributed by atoms with E-state index in [9.17, 15) is 10.4 Å². The van der Waals surface area contributed by atoms with Gasteiger partial charge >= 0.3 is 0 Å². The van der Waals surface area contributed by atoms with Gasteiger partial charge in [0.25, 0.3) is 0 Å². The van der Waals surface area contributed by atoms with E-state index >= 15 is 0 Å². The van der Waals surface area contributed by atoms with E-state index in [1.165, 1.54) is 0 Å². The first-order valence-corrected chi connectivity index (χ1v) is 11.9. The standard InChI is InChI=1S/C26H30N8O/c1-18(2)24(35)17-32-6-8-33(9-7-32)25-5-4-19(12-28-25)23-10-20(22-14-29-31(3)15-22)16-34-26(23)21(11-27)13-30-34/h4-5,10,12-16,18,24,35H,6-9,17H2,1-3H3/t24-/m1/s1. The number of anilines is 1. The summed E-state index contributed by atoms with van der Waals surface area (Å²) in [5, 5.41) is 28.5. The molecular formula is C26H30N8O. The number of rotatable bonds is 6. The number of aromatic nitrogens is 5. The number of aryl methyl sites for hydroxylation is 1. The van der Waals surface area contributed by atoms with Crippen LogP contribution in [0, 0.1) is 17.2 Å². The number of aliphatic hydroxyl groups is 1. The SMILES string of the molecule is CC(C)[C@H](O)CN1CCN(c2ccc(-c3cc(-c4cnn(C)c4)cn4ncc(C#N)c34)cn2)CC1. The van der Waals surface area contributed by atoms with Gasteiger partial charge in [-0.3, -0.25) is 9.58 Å².